The van der Waals surface area contributed by atoms with Crippen molar-refractivity contribution >= 4 is 21.6 Å². The minimum Gasteiger partial charge on any atom is -0.492 e. The van der Waals surface area contributed by atoms with Crippen molar-refractivity contribution in [2.24, 2.45) is 0 Å². The van der Waals surface area contributed by atoms with Gasteiger partial charge in [0.25, 0.3) is 5.91 Å². The van der Waals surface area contributed by atoms with Crippen molar-refractivity contribution < 1.29 is 17.9 Å². The second kappa shape index (κ2) is 9.93. The van der Waals surface area contributed by atoms with E-state index in [1.165, 1.54) is 10.6 Å². The van der Waals surface area contributed by atoms with E-state index in [1.54, 1.807) is 24.3 Å². The smallest absolute Gasteiger partial charge is 0.251 e. The number of ether oxygens (including phenoxy) is 1. The molecular weight excluding hydrogens is 400 g/mol. The first-order valence-electron chi connectivity index (χ1n) is 9.51. The number of anilines is 1. The molecular formula is C23H24N2O4S. The molecule has 1 N–H and O–H groups in total. The van der Waals surface area contributed by atoms with Crippen LogP contribution in [0.25, 0.3) is 0 Å². The minimum absolute atomic E-state index is 0.224. The molecule has 3 aromatic carbocycles. The number of nitrogens with zero attached hydrogens (tertiary/aromatic N) is 1. The Kier molecular flexibility index (Phi) is 7.08. The van der Waals surface area contributed by atoms with E-state index in [0.29, 0.717) is 24.4 Å². The van der Waals surface area contributed by atoms with Crippen LogP contribution in [-0.2, 0) is 16.6 Å². The zero-order chi connectivity index (χ0) is 21.4. The van der Waals surface area contributed by atoms with Crippen molar-refractivity contribution in [1.82, 2.24) is 5.32 Å². The normalized spacial score (nSPS) is 11.0. The fourth-order valence-corrected chi connectivity index (χ4v) is 3.77. The predicted molar refractivity (Wildman–Crippen MR) is 118 cm³/mol. The number of benzene rings is 3. The Morgan fingerprint density at radius 1 is 0.900 bits per heavy atom. The molecule has 0 aliphatic rings. The van der Waals surface area contributed by atoms with Gasteiger partial charge in [-0.3, -0.25) is 9.10 Å². The maximum Gasteiger partial charge on any atom is 0.251 e. The van der Waals surface area contributed by atoms with Crippen molar-refractivity contribution in [3.8, 4) is 5.75 Å². The summed E-state index contributed by atoms with van der Waals surface area (Å²) in [6.45, 7) is 0.938. The largest absolute Gasteiger partial charge is 0.492 e. The molecule has 0 fully saturated rings. The molecule has 0 saturated heterocycles. The summed E-state index contributed by atoms with van der Waals surface area (Å²) >= 11 is 0. The zero-order valence-corrected chi connectivity index (χ0v) is 17.5. The van der Waals surface area contributed by atoms with Crippen LogP contribution in [0.3, 0.4) is 0 Å². The monoisotopic (exact) mass is 424 g/mol. The molecule has 3 aromatic rings. The Labute approximate surface area is 177 Å². The molecule has 0 aliphatic heterocycles. The van der Waals surface area contributed by atoms with E-state index in [1.807, 2.05) is 60.7 Å². The minimum atomic E-state index is -3.48. The molecule has 0 saturated carbocycles. The van der Waals surface area contributed by atoms with Crippen LogP contribution in [0, 0.1) is 0 Å². The number of nitrogens with one attached hydrogen (secondary N) is 1. The summed E-state index contributed by atoms with van der Waals surface area (Å²) in [4.78, 5) is 12.3. The van der Waals surface area contributed by atoms with E-state index in [0.717, 1.165) is 11.3 Å². The predicted octanol–water partition coefficient (Wildman–Crippen LogP) is 3.46. The Morgan fingerprint density at radius 2 is 1.50 bits per heavy atom. The summed E-state index contributed by atoms with van der Waals surface area (Å²) in [6, 6.07) is 25.2. The lowest BCUT2D eigenvalue weighted by molar-refractivity contribution is 0.0947. The number of amides is 1. The van der Waals surface area contributed by atoms with Crippen LogP contribution in [0.2, 0.25) is 0 Å². The molecule has 0 unspecified atom stereocenters. The van der Waals surface area contributed by atoms with E-state index >= 15 is 0 Å². The molecule has 0 heterocycles. The van der Waals surface area contributed by atoms with Gasteiger partial charge in [-0.25, -0.2) is 8.42 Å². The number of hydrogen-bond acceptors (Lipinski definition) is 4. The van der Waals surface area contributed by atoms with E-state index in [9.17, 15) is 13.2 Å². The average Bonchev–Trinajstić information content (AvgIpc) is 2.76. The van der Waals surface area contributed by atoms with E-state index in [-0.39, 0.29) is 12.5 Å². The lowest BCUT2D eigenvalue weighted by atomic mass is 10.2. The molecule has 3 rings (SSSR count). The highest BCUT2D eigenvalue weighted by Crippen LogP contribution is 2.21. The Morgan fingerprint density at radius 3 is 2.10 bits per heavy atom. The molecule has 7 heteroatoms. The lowest BCUT2D eigenvalue weighted by Gasteiger charge is -2.22. The number of carbonyl (C=O) groups excluding carboxylic acids is 1. The highest BCUT2D eigenvalue weighted by Gasteiger charge is 2.18. The molecule has 0 bridgehead atoms. The van der Waals surface area contributed by atoms with Crippen LogP contribution in [0.15, 0.2) is 84.9 Å². The van der Waals surface area contributed by atoms with E-state index in [4.69, 9.17) is 4.74 Å². The maximum absolute atomic E-state index is 12.3. The van der Waals surface area contributed by atoms with Gasteiger partial charge in [0.15, 0.2) is 0 Å². The topological polar surface area (TPSA) is 75.7 Å². The van der Waals surface area contributed by atoms with Gasteiger partial charge in [-0.15, -0.1) is 0 Å². The summed E-state index contributed by atoms with van der Waals surface area (Å²) in [7, 11) is -3.48. The van der Waals surface area contributed by atoms with Gasteiger partial charge in [-0.05, 0) is 42.0 Å². The fourth-order valence-electron chi connectivity index (χ4n) is 2.88. The van der Waals surface area contributed by atoms with Crippen LogP contribution in [0.1, 0.15) is 15.9 Å². The van der Waals surface area contributed by atoms with Gasteiger partial charge in [-0.2, -0.15) is 0 Å². The first-order valence-corrected chi connectivity index (χ1v) is 11.4. The zero-order valence-electron chi connectivity index (χ0n) is 16.7. The van der Waals surface area contributed by atoms with Crippen LogP contribution < -0.4 is 14.4 Å². The number of rotatable bonds is 9. The molecule has 0 spiro atoms. The van der Waals surface area contributed by atoms with E-state index < -0.39 is 10.0 Å². The molecule has 1 amide bonds. The van der Waals surface area contributed by atoms with Gasteiger partial charge in [0.05, 0.1) is 25.0 Å². The Hall–Kier alpha value is -3.32. The van der Waals surface area contributed by atoms with Crippen molar-refractivity contribution in [3.63, 3.8) is 0 Å². The van der Waals surface area contributed by atoms with Gasteiger partial charge in [-0.1, -0.05) is 48.5 Å². The lowest BCUT2D eigenvalue weighted by Crippen LogP contribution is -2.30. The molecule has 6 nitrogen and oxygen atoms in total. The summed E-state index contributed by atoms with van der Waals surface area (Å²) in [5.41, 5.74) is 1.83. The standard InChI is InChI=1S/C23H24N2O4S/c1-30(27,28)25(18-19-8-4-2-5-9-19)21-14-12-20(13-15-21)23(26)24-16-17-29-22-10-6-3-7-11-22/h2-15H,16-18H2,1H3,(H,24,26). The third-order valence-electron chi connectivity index (χ3n) is 4.39. The Bertz CT molecular complexity index is 1050. The second-order valence-electron chi connectivity index (χ2n) is 6.72. The van der Waals surface area contributed by atoms with Gasteiger partial charge < -0.3 is 10.1 Å². The van der Waals surface area contributed by atoms with Gasteiger partial charge in [0, 0.05) is 5.56 Å². The first kappa shape index (κ1) is 21.4. The van der Waals surface area contributed by atoms with Gasteiger partial charge in [0.2, 0.25) is 10.0 Å². The molecule has 0 atom stereocenters. The van der Waals surface area contributed by atoms with Crippen molar-refractivity contribution in [2.75, 3.05) is 23.7 Å². The molecule has 0 aliphatic carbocycles. The molecule has 0 radical (unpaired) electrons. The number of para-hydroxylation sites is 1. The third kappa shape index (κ3) is 6.09. The number of carbonyl (C=O) groups is 1. The van der Waals surface area contributed by atoms with E-state index in [2.05, 4.69) is 5.32 Å². The van der Waals surface area contributed by atoms with Crippen LogP contribution in [-0.4, -0.2) is 33.7 Å². The summed E-state index contributed by atoms with van der Waals surface area (Å²) in [5.74, 6) is 0.502. The first-order chi connectivity index (χ1) is 14.4. The summed E-state index contributed by atoms with van der Waals surface area (Å²) in [6.07, 6.45) is 1.17. The van der Waals surface area contributed by atoms with Gasteiger partial charge >= 0.3 is 0 Å². The SMILES string of the molecule is CS(=O)(=O)N(Cc1ccccc1)c1ccc(C(=O)NCCOc2ccccc2)cc1. The highest BCUT2D eigenvalue weighted by atomic mass is 32.2. The second-order valence-corrected chi connectivity index (χ2v) is 8.63. The van der Waals surface area contributed by atoms with Crippen LogP contribution in [0.4, 0.5) is 5.69 Å². The summed E-state index contributed by atoms with van der Waals surface area (Å²) < 4.78 is 31.4. The van der Waals surface area contributed by atoms with Crippen molar-refractivity contribution in [1.29, 1.82) is 0 Å². The quantitative estimate of drug-likeness (QED) is 0.534. The summed E-state index contributed by atoms with van der Waals surface area (Å²) in [5, 5.41) is 2.79. The molecule has 30 heavy (non-hydrogen) atoms. The number of sulfonamides is 1. The van der Waals surface area contributed by atoms with Crippen LogP contribution >= 0.6 is 0 Å². The van der Waals surface area contributed by atoms with Crippen molar-refractivity contribution in [3.05, 3.63) is 96.1 Å². The average molecular weight is 425 g/mol. The van der Waals surface area contributed by atoms with Crippen LogP contribution in [0.5, 0.6) is 5.75 Å². The highest BCUT2D eigenvalue weighted by molar-refractivity contribution is 7.92. The van der Waals surface area contributed by atoms with Gasteiger partial charge in [0.1, 0.15) is 12.4 Å². The maximum atomic E-state index is 12.3. The molecule has 0 aromatic heterocycles. The van der Waals surface area contributed by atoms with Crippen molar-refractivity contribution in [2.45, 2.75) is 6.54 Å². The fraction of sp³-hybridized carbons (Fsp3) is 0.174. The number of hydrogen-bond donors (Lipinski definition) is 1. The Balaban J connectivity index is 1.60. The molecule has 156 valence electrons. The third-order valence-corrected chi connectivity index (χ3v) is 5.53.